The zero-order valence-electron chi connectivity index (χ0n) is 44.4. The number of rotatable bonds is 52. The molecule has 0 saturated heterocycles. The molecule has 0 unspecified atom stereocenters. The van der Waals surface area contributed by atoms with Gasteiger partial charge in [0.2, 0.25) is 0 Å². The molecule has 0 rings (SSSR count). The van der Waals surface area contributed by atoms with Gasteiger partial charge in [-0.15, -0.1) is 0 Å². The second kappa shape index (κ2) is 55.7. The van der Waals surface area contributed by atoms with Gasteiger partial charge in [-0.1, -0.05) is 248 Å². The van der Waals surface area contributed by atoms with E-state index in [-0.39, 0.29) is 31.1 Å². The molecule has 388 valence electrons. The van der Waals surface area contributed by atoms with E-state index in [0.717, 1.165) is 83.5 Å². The summed E-state index contributed by atoms with van der Waals surface area (Å²) < 4.78 is 16.8. The number of carbonyl (C=O) groups excluding carboxylic acids is 3. The van der Waals surface area contributed by atoms with Crippen molar-refractivity contribution in [2.45, 2.75) is 297 Å². The van der Waals surface area contributed by atoms with Gasteiger partial charge in [-0.05, 0) is 83.5 Å². The normalized spacial score (nSPS) is 12.5. The summed E-state index contributed by atoms with van der Waals surface area (Å²) in [6.07, 6.45) is 69.3. The fraction of sp³-hybridized carbons (Fsp3) is 0.787. The molecule has 0 aliphatic heterocycles. The molecule has 0 amide bonds. The van der Waals surface area contributed by atoms with Crippen LogP contribution in [-0.4, -0.2) is 37.2 Å². The van der Waals surface area contributed by atoms with Crippen LogP contribution < -0.4 is 0 Å². The molecular weight excluding hydrogens is 829 g/mol. The number of allylic oxidation sites excluding steroid dienone is 10. The van der Waals surface area contributed by atoms with E-state index in [9.17, 15) is 14.4 Å². The van der Waals surface area contributed by atoms with Gasteiger partial charge in [0.1, 0.15) is 13.2 Å². The Hall–Kier alpha value is -2.89. The molecule has 0 heterocycles. The Kier molecular flexibility index (Phi) is 53.3. The quantitative estimate of drug-likeness (QED) is 0.0262. The maximum atomic E-state index is 12.8. The highest BCUT2D eigenvalue weighted by molar-refractivity contribution is 5.71. The topological polar surface area (TPSA) is 78.9 Å². The van der Waals surface area contributed by atoms with Crippen molar-refractivity contribution < 1.29 is 28.6 Å². The molecule has 6 nitrogen and oxygen atoms in total. The molecule has 0 saturated carbocycles. The highest BCUT2D eigenvalue weighted by Crippen LogP contribution is 2.16. The Morgan fingerprint density at radius 3 is 0.955 bits per heavy atom. The van der Waals surface area contributed by atoms with Crippen LogP contribution in [0.2, 0.25) is 0 Å². The van der Waals surface area contributed by atoms with Gasteiger partial charge in [0.05, 0.1) is 0 Å². The van der Waals surface area contributed by atoms with E-state index >= 15 is 0 Å². The van der Waals surface area contributed by atoms with Crippen molar-refractivity contribution in [1.82, 2.24) is 0 Å². The van der Waals surface area contributed by atoms with Crippen molar-refractivity contribution in [3.8, 4) is 0 Å². The lowest BCUT2D eigenvalue weighted by molar-refractivity contribution is -0.167. The first-order valence-electron chi connectivity index (χ1n) is 28.8. The number of carbonyl (C=O) groups is 3. The van der Waals surface area contributed by atoms with Crippen LogP contribution in [0.25, 0.3) is 0 Å². The average Bonchev–Trinajstić information content (AvgIpc) is 3.33. The van der Waals surface area contributed by atoms with Crippen LogP contribution in [0.4, 0.5) is 0 Å². The Morgan fingerprint density at radius 1 is 0.313 bits per heavy atom. The predicted molar refractivity (Wildman–Crippen MR) is 288 cm³/mol. The molecule has 0 aromatic carbocycles. The first-order valence-corrected chi connectivity index (χ1v) is 28.8. The summed E-state index contributed by atoms with van der Waals surface area (Å²) in [5, 5.41) is 0. The van der Waals surface area contributed by atoms with Gasteiger partial charge in [0.15, 0.2) is 6.10 Å². The number of hydrogen-bond acceptors (Lipinski definition) is 6. The van der Waals surface area contributed by atoms with E-state index in [1.54, 1.807) is 0 Å². The first-order chi connectivity index (χ1) is 33.0. The third kappa shape index (κ3) is 53.9. The van der Waals surface area contributed by atoms with Crippen molar-refractivity contribution in [3.63, 3.8) is 0 Å². The second-order valence-corrected chi connectivity index (χ2v) is 19.2. The van der Waals surface area contributed by atoms with Crippen molar-refractivity contribution >= 4 is 17.9 Å². The van der Waals surface area contributed by atoms with Crippen molar-refractivity contribution in [3.05, 3.63) is 60.8 Å². The maximum absolute atomic E-state index is 12.8. The van der Waals surface area contributed by atoms with Crippen LogP contribution in [0.15, 0.2) is 60.8 Å². The average molecular weight is 938 g/mol. The van der Waals surface area contributed by atoms with Gasteiger partial charge in [0.25, 0.3) is 0 Å². The Labute approximate surface area is 415 Å². The van der Waals surface area contributed by atoms with Crippen LogP contribution >= 0.6 is 0 Å². The van der Waals surface area contributed by atoms with E-state index in [0.29, 0.717) is 19.3 Å². The lowest BCUT2D eigenvalue weighted by atomic mass is 10.0. The summed E-state index contributed by atoms with van der Waals surface area (Å²) in [5.41, 5.74) is 0. The molecular formula is C61H108O6. The highest BCUT2D eigenvalue weighted by atomic mass is 16.6. The highest BCUT2D eigenvalue weighted by Gasteiger charge is 2.19. The molecule has 0 bridgehead atoms. The van der Waals surface area contributed by atoms with E-state index < -0.39 is 6.10 Å². The standard InChI is InChI=1S/C61H108O6/c1-4-7-10-13-16-19-22-25-28-29-30-31-34-36-39-42-45-48-51-54-60(63)66-57-58(67-61(64)55-52-49-46-43-40-37-33-27-24-21-18-15-12-9-6-3)56-65-59(62)53-50-47-44-41-38-35-32-26-23-20-17-14-11-8-5-2/h8,11,17,20,25-26,28,32,38,41,58H,4-7,9-10,12-16,18-19,21-24,27,29-31,33-37,39-40,42-57H2,1-3H3/b11-8-,20-17-,28-25-,32-26-,41-38-/t58-/m1/s1. The molecule has 67 heavy (non-hydrogen) atoms. The minimum absolute atomic E-state index is 0.0859. The molecule has 0 aromatic heterocycles. The van der Waals surface area contributed by atoms with Gasteiger partial charge in [-0.3, -0.25) is 14.4 Å². The van der Waals surface area contributed by atoms with Gasteiger partial charge >= 0.3 is 17.9 Å². The van der Waals surface area contributed by atoms with E-state index in [4.69, 9.17) is 14.2 Å². The number of esters is 3. The Morgan fingerprint density at radius 2 is 0.582 bits per heavy atom. The van der Waals surface area contributed by atoms with Gasteiger partial charge in [0, 0.05) is 19.3 Å². The molecule has 0 aliphatic carbocycles. The number of unbranched alkanes of at least 4 members (excludes halogenated alkanes) is 31. The van der Waals surface area contributed by atoms with Crippen molar-refractivity contribution in [2.75, 3.05) is 13.2 Å². The summed E-state index contributed by atoms with van der Waals surface area (Å²) in [6.45, 7) is 6.51. The molecule has 0 fully saturated rings. The van der Waals surface area contributed by atoms with E-state index in [1.165, 1.54) is 167 Å². The number of ether oxygens (including phenoxy) is 3. The molecule has 0 radical (unpaired) electrons. The summed E-state index contributed by atoms with van der Waals surface area (Å²) in [5.74, 6) is -0.918. The SMILES string of the molecule is CC/C=C\C/C=C\C/C=C\C/C=C\CCCCC(=O)OC[C@H](COC(=O)CCCCCCCCCCC/C=C\CCCCCCCC)OC(=O)CCCCCCCCCCCCCCCCC. The lowest BCUT2D eigenvalue weighted by Gasteiger charge is -2.18. The third-order valence-electron chi connectivity index (χ3n) is 12.5. The summed E-state index contributed by atoms with van der Waals surface area (Å²) in [4.78, 5) is 38.1. The van der Waals surface area contributed by atoms with E-state index in [1.807, 2.05) is 0 Å². The summed E-state index contributed by atoms with van der Waals surface area (Å²) in [6, 6.07) is 0. The fourth-order valence-electron chi connectivity index (χ4n) is 8.19. The van der Waals surface area contributed by atoms with Crippen molar-refractivity contribution in [1.29, 1.82) is 0 Å². The first kappa shape index (κ1) is 64.1. The molecule has 6 heteroatoms. The largest absolute Gasteiger partial charge is 0.462 e. The van der Waals surface area contributed by atoms with Crippen LogP contribution in [0.1, 0.15) is 290 Å². The summed E-state index contributed by atoms with van der Waals surface area (Å²) in [7, 11) is 0. The second-order valence-electron chi connectivity index (χ2n) is 19.2. The smallest absolute Gasteiger partial charge is 0.306 e. The third-order valence-corrected chi connectivity index (χ3v) is 12.5. The van der Waals surface area contributed by atoms with Crippen LogP contribution in [-0.2, 0) is 28.6 Å². The lowest BCUT2D eigenvalue weighted by Crippen LogP contribution is -2.30. The van der Waals surface area contributed by atoms with E-state index in [2.05, 4.69) is 81.5 Å². The molecule has 1 atom stereocenters. The van der Waals surface area contributed by atoms with Gasteiger partial charge in [-0.2, -0.15) is 0 Å². The maximum Gasteiger partial charge on any atom is 0.306 e. The minimum Gasteiger partial charge on any atom is -0.462 e. The Bertz CT molecular complexity index is 1210. The fourth-order valence-corrected chi connectivity index (χ4v) is 8.19. The van der Waals surface area contributed by atoms with Crippen LogP contribution in [0.5, 0.6) is 0 Å². The zero-order chi connectivity index (χ0) is 48.6. The van der Waals surface area contributed by atoms with Crippen LogP contribution in [0, 0.1) is 0 Å². The predicted octanol–water partition coefficient (Wildman–Crippen LogP) is 19.2. The van der Waals surface area contributed by atoms with Crippen molar-refractivity contribution in [2.24, 2.45) is 0 Å². The minimum atomic E-state index is -0.790. The molecule has 0 aliphatic rings. The zero-order valence-corrected chi connectivity index (χ0v) is 44.4. The summed E-state index contributed by atoms with van der Waals surface area (Å²) >= 11 is 0. The van der Waals surface area contributed by atoms with Gasteiger partial charge in [-0.25, -0.2) is 0 Å². The van der Waals surface area contributed by atoms with Crippen LogP contribution in [0.3, 0.4) is 0 Å². The molecule has 0 spiro atoms. The van der Waals surface area contributed by atoms with Gasteiger partial charge < -0.3 is 14.2 Å². The number of hydrogen-bond donors (Lipinski definition) is 0. The molecule has 0 N–H and O–H groups in total. The Balaban J connectivity index is 4.39. The molecule has 0 aromatic rings. The monoisotopic (exact) mass is 937 g/mol.